The van der Waals surface area contributed by atoms with Gasteiger partial charge in [-0.2, -0.15) is 0 Å². The Balaban J connectivity index is 2.02. The van der Waals surface area contributed by atoms with Gasteiger partial charge >= 0.3 is 0 Å². The Bertz CT molecular complexity index is 504. The molecule has 1 aliphatic heterocycles. The third kappa shape index (κ3) is 4.07. The molecular formula is C15H24N4O4. The maximum absolute atomic E-state index is 12.5. The Morgan fingerprint density at radius 1 is 1.13 bits per heavy atom. The summed E-state index contributed by atoms with van der Waals surface area (Å²) in [4.78, 5) is 48.8. The highest BCUT2D eigenvalue weighted by atomic mass is 16.2. The van der Waals surface area contributed by atoms with E-state index in [1.54, 1.807) is 0 Å². The van der Waals surface area contributed by atoms with Crippen LogP contribution in [0.2, 0.25) is 0 Å². The monoisotopic (exact) mass is 324 g/mol. The lowest BCUT2D eigenvalue weighted by Crippen LogP contribution is -2.54. The van der Waals surface area contributed by atoms with Gasteiger partial charge in [0.15, 0.2) is 0 Å². The summed E-state index contributed by atoms with van der Waals surface area (Å²) in [6, 6.07) is -1.53. The fourth-order valence-corrected chi connectivity index (χ4v) is 3.19. The predicted molar refractivity (Wildman–Crippen MR) is 81.9 cm³/mol. The number of amides is 3. The van der Waals surface area contributed by atoms with Crippen molar-refractivity contribution in [2.45, 2.75) is 50.6 Å². The van der Waals surface area contributed by atoms with Crippen molar-refractivity contribution >= 4 is 23.5 Å². The van der Waals surface area contributed by atoms with E-state index in [9.17, 15) is 19.2 Å². The molecule has 2 atom stereocenters. The van der Waals surface area contributed by atoms with E-state index in [4.69, 9.17) is 11.5 Å². The number of carbonyl (C=O) groups excluding carboxylic acids is 4. The molecule has 1 saturated heterocycles. The third-order valence-corrected chi connectivity index (χ3v) is 4.72. The third-order valence-electron chi connectivity index (χ3n) is 4.72. The molecule has 0 aromatic heterocycles. The van der Waals surface area contributed by atoms with Crippen molar-refractivity contribution in [3.05, 3.63) is 0 Å². The number of Topliss-reactive ketones (excluding diaryl/α,β-unsaturated/α-hetero) is 1. The summed E-state index contributed by atoms with van der Waals surface area (Å²) >= 11 is 0. The van der Waals surface area contributed by atoms with Crippen LogP contribution in [0.4, 0.5) is 0 Å². The zero-order valence-corrected chi connectivity index (χ0v) is 13.1. The molecule has 0 aromatic rings. The van der Waals surface area contributed by atoms with Crippen molar-refractivity contribution in [1.29, 1.82) is 0 Å². The number of rotatable bonds is 7. The van der Waals surface area contributed by atoms with Crippen LogP contribution in [0.25, 0.3) is 0 Å². The van der Waals surface area contributed by atoms with Crippen LogP contribution >= 0.6 is 0 Å². The minimum absolute atomic E-state index is 0.157. The second-order valence-electron chi connectivity index (χ2n) is 6.27. The average Bonchev–Trinajstić information content (AvgIpc) is 2.97. The van der Waals surface area contributed by atoms with Crippen LogP contribution in [0.15, 0.2) is 0 Å². The molecule has 1 heterocycles. The van der Waals surface area contributed by atoms with E-state index in [0.29, 0.717) is 31.7 Å². The zero-order valence-electron chi connectivity index (χ0n) is 13.1. The molecule has 0 radical (unpaired) electrons. The minimum Gasteiger partial charge on any atom is -0.363 e. The van der Waals surface area contributed by atoms with Gasteiger partial charge in [0.25, 0.3) is 5.91 Å². The summed E-state index contributed by atoms with van der Waals surface area (Å²) in [5, 5.41) is 2.62. The highest BCUT2D eigenvalue weighted by Crippen LogP contribution is 2.30. The molecule has 2 fully saturated rings. The number of likely N-dealkylation sites (tertiary alicyclic amines) is 1. The van der Waals surface area contributed by atoms with E-state index >= 15 is 0 Å². The molecule has 2 rings (SSSR count). The van der Waals surface area contributed by atoms with Gasteiger partial charge < -0.3 is 21.7 Å². The first kappa shape index (κ1) is 17.4. The number of nitrogens with two attached hydrogens (primary N) is 2. The van der Waals surface area contributed by atoms with Gasteiger partial charge in [0.1, 0.15) is 6.04 Å². The molecular weight excluding hydrogens is 300 g/mol. The normalized spacial score (nSPS) is 22.3. The van der Waals surface area contributed by atoms with E-state index in [2.05, 4.69) is 5.32 Å². The topological polar surface area (TPSA) is 136 Å². The Morgan fingerprint density at radius 3 is 2.35 bits per heavy atom. The lowest BCUT2D eigenvalue weighted by molar-refractivity contribution is -0.141. The summed E-state index contributed by atoms with van der Waals surface area (Å²) < 4.78 is 0. The maximum atomic E-state index is 12.5. The first-order chi connectivity index (χ1) is 10.9. The molecule has 1 aliphatic carbocycles. The number of ketones is 1. The molecule has 8 nitrogen and oxygen atoms in total. The van der Waals surface area contributed by atoms with E-state index in [1.807, 2.05) is 0 Å². The second kappa shape index (κ2) is 7.54. The van der Waals surface area contributed by atoms with E-state index in [0.717, 1.165) is 19.3 Å². The summed E-state index contributed by atoms with van der Waals surface area (Å²) in [5.74, 6) is -2.20. The molecule has 0 aromatic carbocycles. The highest BCUT2D eigenvalue weighted by molar-refractivity contribution is 6.37. The van der Waals surface area contributed by atoms with Gasteiger partial charge in [-0.05, 0) is 25.2 Å². The van der Waals surface area contributed by atoms with Crippen molar-refractivity contribution < 1.29 is 19.2 Å². The lowest BCUT2D eigenvalue weighted by atomic mass is 9.80. The van der Waals surface area contributed by atoms with Crippen molar-refractivity contribution in [2.75, 3.05) is 13.1 Å². The van der Waals surface area contributed by atoms with Crippen LogP contribution in [0, 0.1) is 5.92 Å². The Labute approximate surface area is 134 Å². The fraction of sp³-hybridized carbons (Fsp3) is 0.733. The van der Waals surface area contributed by atoms with Crippen LogP contribution in [0.1, 0.15) is 38.5 Å². The van der Waals surface area contributed by atoms with Gasteiger partial charge in [0.05, 0.1) is 12.6 Å². The molecule has 23 heavy (non-hydrogen) atoms. The Morgan fingerprint density at radius 2 is 1.83 bits per heavy atom. The molecule has 8 heteroatoms. The lowest BCUT2D eigenvalue weighted by Gasteiger charge is -2.30. The van der Waals surface area contributed by atoms with Crippen molar-refractivity contribution in [2.24, 2.45) is 17.4 Å². The summed E-state index contributed by atoms with van der Waals surface area (Å²) in [7, 11) is 0. The van der Waals surface area contributed by atoms with Crippen LogP contribution in [-0.2, 0) is 19.2 Å². The summed E-state index contributed by atoms with van der Waals surface area (Å²) in [6.45, 7) is 0.320. The van der Waals surface area contributed by atoms with Crippen LogP contribution in [-0.4, -0.2) is 53.6 Å². The van der Waals surface area contributed by atoms with Gasteiger partial charge in [-0.1, -0.05) is 19.3 Å². The van der Waals surface area contributed by atoms with Crippen LogP contribution in [0.3, 0.4) is 0 Å². The SMILES string of the molecule is NCC(=O)N1CCCC1C(=O)NC(CC1CCC1)C(=O)C(N)=O. The molecule has 2 unspecified atom stereocenters. The van der Waals surface area contributed by atoms with Gasteiger partial charge in [0.2, 0.25) is 17.6 Å². The first-order valence-electron chi connectivity index (χ1n) is 8.07. The minimum atomic E-state index is -1.05. The number of carbonyl (C=O) groups is 4. The molecule has 128 valence electrons. The number of nitrogens with one attached hydrogen (secondary N) is 1. The number of primary amides is 1. The maximum Gasteiger partial charge on any atom is 0.287 e. The number of nitrogens with zero attached hydrogens (tertiary/aromatic N) is 1. The second-order valence-corrected chi connectivity index (χ2v) is 6.27. The zero-order chi connectivity index (χ0) is 17.0. The molecule has 2 aliphatic rings. The first-order valence-corrected chi connectivity index (χ1v) is 8.07. The van der Waals surface area contributed by atoms with E-state index in [-0.39, 0.29) is 12.5 Å². The predicted octanol–water partition coefficient (Wildman–Crippen LogP) is -1.33. The van der Waals surface area contributed by atoms with Crippen molar-refractivity contribution in [3.63, 3.8) is 0 Å². The molecule has 0 bridgehead atoms. The smallest absolute Gasteiger partial charge is 0.287 e. The van der Waals surface area contributed by atoms with Crippen molar-refractivity contribution in [1.82, 2.24) is 10.2 Å². The average molecular weight is 324 g/mol. The van der Waals surface area contributed by atoms with Crippen LogP contribution < -0.4 is 16.8 Å². The van der Waals surface area contributed by atoms with E-state index < -0.39 is 29.7 Å². The largest absolute Gasteiger partial charge is 0.363 e. The molecule has 3 amide bonds. The van der Waals surface area contributed by atoms with Gasteiger partial charge in [-0.25, -0.2) is 0 Å². The van der Waals surface area contributed by atoms with E-state index in [1.165, 1.54) is 4.90 Å². The number of hydrogen-bond donors (Lipinski definition) is 3. The molecule has 5 N–H and O–H groups in total. The fourth-order valence-electron chi connectivity index (χ4n) is 3.19. The van der Waals surface area contributed by atoms with Crippen LogP contribution in [0.5, 0.6) is 0 Å². The highest BCUT2D eigenvalue weighted by Gasteiger charge is 2.37. The summed E-state index contributed by atoms with van der Waals surface area (Å²) in [6.07, 6.45) is 4.72. The van der Waals surface area contributed by atoms with Gasteiger partial charge in [-0.15, -0.1) is 0 Å². The standard InChI is InChI=1S/C15H24N4O4/c16-8-12(20)19-6-2-5-11(19)15(23)18-10(13(21)14(17)22)7-9-3-1-4-9/h9-11H,1-8,16H2,(H2,17,22)(H,18,23). The Hall–Kier alpha value is -1.96. The molecule has 1 saturated carbocycles. The quantitative estimate of drug-likeness (QED) is 0.498. The molecule has 0 spiro atoms. The number of hydrogen-bond acceptors (Lipinski definition) is 5. The Kier molecular flexibility index (Phi) is 5.70. The van der Waals surface area contributed by atoms with Gasteiger partial charge in [0, 0.05) is 6.54 Å². The summed E-state index contributed by atoms with van der Waals surface area (Å²) in [5.41, 5.74) is 10.4. The van der Waals surface area contributed by atoms with Gasteiger partial charge in [-0.3, -0.25) is 19.2 Å². The van der Waals surface area contributed by atoms with Crippen molar-refractivity contribution in [3.8, 4) is 0 Å².